The minimum atomic E-state index is 0. The number of guanidine groups is 1. The van der Waals surface area contributed by atoms with Gasteiger partial charge in [-0.25, -0.2) is 4.99 Å². The van der Waals surface area contributed by atoms with Crippen molar-refractivity contribution in [1.82, 2.24) is 15.5 Å². The molecule has 2 aliphatic heterocycles. The van der Waals surface area contributed by atoms with Crippen LogP contribution in [0.1, 0.15) is 31.7 Å². The fraction of sp³-hybridized carbons (Fsp3) is 0.579. The van der Waals surface area contributed by atoms with E-state index in [2.05, 4.69) is 15.6 Å². The Bertz CT molecular complexity index is 648. The molecular formula is C19H29IN4O3. The fourth-order valence-electron chi connectivity index (χ4n) is 3.06. The van der Waals surface area contributed by atoms with Crippen molar-refractivity contribution >= 4 is 35.8 Å². The lowest BCUT2D eigenvalue weighted by atomic mass is 10.2. The molecule has 1 amide bonds. The summed E-state index contributed by atoms with van der Waals surface area (Å²) in [5.74, 6) is 2.34. The van der Waals surface area contributed by atoms with Crippen molar-refractivity contribution < 1.29 is 14.3 Å². The van der Waals surface area contributed by atoms with E-state index < -0.39 is 0 Å². The van der Waals surface area contributed by atoms with Crippen LogP contribution in [0.25, 0.3) is 0 Å². The van der Waals surface area contributed by atoms with Crippen LogP contribution >= 0.6 is 24.0 Å². The molecule has 0 saturated carbocycles. The summed E-state index contributed by atoms with van der Waals surface area (Å²) in [5, 5.41) is 6.31. The van der Waals surface area contributed by atoms with Crippen molar-refractivity contribution in [2.24, 2.45) is 4.99 Å². The Labute approximate surface area is 177 Å². The summed E-state index contributed by atoms with van der Waals surface area (Å²) in [6.45, 7) is 6.61. The van der Waals surface area contributed by atoms with Crippen molar-refractivity contribution in [2.75, 3.05) is 39.4 Å². The molecule has 2 heterocycles. The first-order valence-corrected chi connectivity index (χ1v) is 9.44. The highest BCUT2D eigenvalue weighted by atomic mass is 127. The second-order valence-corrected chi connectivity index (χ2v) is 6.47. The van der Waals surface area contributed by atoms with E-state index in [1.54, 1.807) is 0 Å². The Morgan fingerprint density at radius 1 is 1.11 bits per heavy atom. The standard InChI is InChI=1S/C19H28N4O3.HI/c1-2-20-19(22-14-18(24)23-8-3-4-9-23)21-13-15-6-7-16-17(12-15)26-11-5-10-25-16;/h6-7,12H,2-5,8-11,13-14H2,1H3,(H2,20,21,22);1H. The van der Waals surface area contributed by atoms with Gasteiger partial charge in [0.05, 0.1) is 26.3 Å². The van der Waals surface area contributed by atoms with Crippen molar-refractivity contribution in [1.29, 1.82) is 0 Å². The second kappa shape index (κ2) is 11.2. The van der Waals surface area contributed by atoms with Gasteiger partial charge in [-0.05, 0) is 37.5 Å². The van der Waals surface area contributed by atoms with Gasteiger partial charge in [-0.2, -0.15) is 0 Å². The molecule has 0 aromatic heterocycles. The van der Waals surface area contributed by atoms with Crippen LogP contribution in [-0.4, -0.2) is 56.2 Å². The Morgan fingerprint density at radius 2 is 1.85 bits per heavy atom. The first-order chi connectivity index (χ1) is 12.8. The van der Waals surface area contributed by atoms with Crippen LogP contribution in [0.15, 0.2) is 23.2 Å². The maximum absolute atomic E-state index is 12.2. The van der Waals surface area contributed by atoms with Gasteiger partial charge in [0.25, 0.3) is 0 Å². The fourth-order valence-corrected chi connectivity index (χ4v) is 3.06. The Morgan fingerprint density at radius 3 is 2.59 bits per heavy atom. The smallest absolute Gasteiger partial charge is 0.241 e. The van der Waals surface area contributed by atoms with E-state index in [-0.39, 0.29) is 36.4 Å². The number of hydrogen-bond donors (Lipinski definition) is 2. The van der Waals surface area contributed by atoms with Crippen LogP contribution in [-0.2, 0) is 11.3 Å². The Balaban J connectivity index is 0.00000261. The predicted molar refractivity (Wildman–Crippen MR) is 116 cm³/mol. The molecule has 2 aliphatic rings. The molecule has 0 bridgehead atoms. The molecule has 1 aromatic rings. The van der Waals surface area contributed by atoms with E-state index in [1.165, 1.54) is 0 Å². The van der Waals surface area contributed by atoms with Crippen molar-refractivity contribution in [3.05, 3.63) is 23.8 Å². The third-order valence-corrected chi connectivity index (χ3v) is 4.44. The second-order valence-electron chi connectivity index (χ2n) is 6.47. The van der Waals surface area contributed by atoms with Gasteiger partial charge in [0.1, 0.15) is 0 Å². The van der Waals surface area contributed by atoms with Gasteiger partial charge in [0.2, 0.25) is 5.91 Å². The first kappa shape index (κ1) is 21.6. The van der Waals surface area contributed by atoms with Gasteiger partial charge < -0.3 is 25.0 Å². The van der Waals surface area contributed by atoms with Crippen molar-refractivity contribution in [3.8, 4) is 11.5 Å². The van der Waals surface area contributed by atoms with Crippen molar-refractivity contribution in [2.45, 2.75) is 32.7 Å². The van der Waals surface area contributed by atoms with Crippen LogP contribution in [0.4, 0.5) is 0 Å². The number of fused-ring (bicyclic) bond motifs is 1. The van der Waals surface area contributed by atoms with E-state index in [4.69, 9.17) is 9.47 Å². The SMILES string of the molecule is CCNC(=NCc1ccc2c(c1)OCCCO2)NCC(=O)N1CCCC1.I. The molecule has 150 valence electrons. The molecule has 0 atom stereocenters. The molecule has 1 aromatic carbocycles. The van der Waals surface area contributed by atoms with E-state index in [1.807, 2.05) is 30.0 Å². The molecule has 0 radical (unpaired) electrons. The van der Waals surface area contributed by atoms with Gasteiger partial charge in [-0.15, -0.1) is 24.0 Å². The maximum atomic E-state index is 12.2. The number of aliphatic imine (C=N–C) groups is 1. The monoisotopic (exact) mass is 488 g/mol. The first-order valence-electron chi connectivity index (χ1n) is 9.44. The van der Waals surface area contributed by atoms with Crippen molar-refractivity contribution in [3.63, 3.8) is 0 Å². The summed E-state index contributed by atoms with van der Waals surface area (Å²) in [7, 11) is 0. The molecule has 0 aliphatic carbocycles. The van der Waals surface area contributed by atoms with Gasteiger partial charge >= 0.3 is 0 Å². The predicted octanol–water partition coefficient (Wildman–Crippen LogP) is 2.14. The van der Waals surface area contributed by atoms with Crippen LogP contribution < -0.4 is 20.1 Å². The summed E-state index contributed by atoms with van der Waals surface area (Å²) >= 11 is 0. The van der Waals surface area contributed by atoms with Gasteiger partial charge in [0.15, 0.2) is 17.5 Å². The number of amides is 1. The summed E-state index contributed by atoms with van der Waals surface area (Å²) in [6, 6.07) is 5.90. The minimum Gasteiger partial charge on any atom is -0.490 e. The van der Waals surface area contributed by atoms with Crippen LogP contribution in [0.5, 0.6) is 11.5 Å². The highest BCUT2D eigenvalue weighted by molar-refractivity contribution is 14.0. The molecule has 27 heavy (non-hydrogen) atoms. The van der Waals surface area contributed by atoms with Crippen LogP contribution in [0.3, 0.4) is 0 Å². The van der Waals surface area contributed by atoms with E-state index >= 15 is 0 Å². The minimum absolute atomic E-state index is 0. The molecule has 0 spiro atoms. The number of rotatable bonds is 5. The highest BCUT2D eigenvalue weighted by Crippen LogP contribution is 2.30. The molecule has 3 rings (SSSR count). The summed E-state index contributed by atoms with van der Waals surface area (Å²) in [6.07, 6.45) is 3.09. The van der Waals surface area contributed by atoms with Crippen LogP contribution in [0.2, 0.25) is 0 Å². The number of benzene rings is 1. The van der Waals surface area contributed by atoms with Gasteiger partial charge in [-0.3, -0.25) is 4.79 Å². The summed E-state index contributed by atoms with van der Waals surface area (Å²) in [5.41, 5.74) is 1.04. The number of nitrogens with one attached hydrogen (secondary N) is 2. The number of ether oxygens (including phenoxy) is 2. The van der Waals surface area contributed by atoms with Gasteiger partial charge in [-0.1, -0.05) is 6.07 Å². The zero-order valence-corrected chi connectivity index (χ0v) is 18.2. The Kier molecular flexibility index (Phi) is 8.96. The number of halogens is 1. The number of carbonyl (C=O) groups excluding carboxylic acids is 1. The quantitative estimate of drug-likeness (QED) is 0.378. The molecule has 2 N–H and O–H groups in total. The maximum Gasteiger partial charge on any atom is 0.241 e. The lowest BCUT2D eigenvalue weighted by molar-refractivity contribution is -0.128. The summed E-state index contributed by atoms with van der Waals surface area (Å²) in [4.78, 5) is 18.7. The Hall–Kier alpha value is -1.71. The topological polar surface area (TPSA) is 75.2 Å². The number of likely N-dealkylation sites (tertiary alicyclic amines) is 1. The normalized spacial score (nSPS) is 16.3. The molecule has 1 fully saturated rings. The zero-order chi connectivity index (χ0) is 18.2. The average molecular weight is 488 g/mol. The highest BCUT2D eigenvalue weighted by Gasteiger charge is 2.17. The average Bonchev–Trinajstić information content (AvgIpc) is 3.09. The van der Waals surface area contributed by atoms with E-state index in [0.29, 0.717) is 25.7 Å². The number of hydrogen-bond acceptors (Lipinski definition) is 4. The number of carbonyl (C=O) groups is 1. The summed E-state index contributed by atoms with van der Waals surface area (Å²) < 4.78 is 11.4. The lowest BCUT2D eigenvalue weighted by Crippen LogP contribution is -2.44. The zero-order valence-electron chi connectivity index (χ0n) is 15.8. The number of nitrogens with zero attached hydrogens (tertiary/aromatic N) is 2. The third kappa shape index (κ3) is 6.44. The molecular weight excluding hydrogens is 459 g/mol. The molecule has 7 nitrogen and oxygen atoms in total. The van der Waals surface area contributed by atoms with E-state index in [0.717, 1.165) is 56.0 Å². The molecule has 1 saturated heterocycles. The molecule has 8 heteroatoms. The molecule has 0 unspecified atom stereocenters. The third-order valence-electron chi connectivity index (χ3n) is 4.44. The lowest BCUT2D eigenvalue weighted by Gasteiger charge is -2.17. The largest absolute Gasteiger partial charge is 0.490 e. The van der Waals surface area contributed by atoms with Crippen LogP contribution in [0, 0.1) is 0 Å². The van der Waals surface area contributed by atoms with Gasteiger partial charge in [0, 0.05) is 26.1 Å². The van der Waals surface area contributed by atoms with E-state index in [9.17, 15) is 4.79 Å².